The summed E-state index contributed by atoms with van der Waals surface area (Å²) in [4.78, 5) is 19.0. The summed E-state index contributed by atoms with van der Waals surface area (Å²) in [6, 6.07) is 7.48. The number of ether oxygens (including phenoxy) is 1. The van der Waals surface area contributed by atoms with E-state index in [9.17, 15) is 4.79 Å². The third-order valence-electron chi connectivity index (χ3n) is 3.74. The Bertz CT molecular complexity index is 601. The predicted molar refractivity (Wildman–Crippen MR) is 79.1 cm³/mol. The molecule has 0 aromatic heterocycles. The average molecular weight is 286 g/mol. The van der Waals surface area contributed by atoms with E-state index in [1.807, 2.05) is 30.5 Å². The molecule has 1 aromatic rings. The minimum atomic E-state index is -0.390. The van der Waals surface area contributed by atoms with E-state index in [1.54, 1.807) is 7.11 Å². The van der Waals surface area contributed by atoms with Crippen molar-refractivity contribution in [3.05, 3.63) is 41.6 Å². The fourth-order valence-electron chi connectivity index (χ4n) is 2.60. The van der Waals surface area contributed by atoms with Gasteiger partial charge in [-0.3, -0.25) is 0 Å². The van der Waals surface area contributed by atoms with Crippen LogP contribution in [0.25, 0.3) is 0 Å². The van der Waals surface area contributed by atoms with E-state index >= 15 is 0 Å². The van der Waals surface area contributed by atoms with Crippen LogP contribution in [0.1, 0.15) is 24.8 Å². The molecule has 2 aliphatic heterocycles. The number of rotatable bonds is 3. The zero-order valence-corrected chi connectivity index (χ0v) is 12.0. The predicted octanol–water partition coefficient (Wildman–Crippen LogP) is 2.33. The van der Waals surface area contributed by atoms with E-state index in [0.29, 0.717) is 11.3 Å². The van der Waals surface area contributed by atoms with Crippen LogP contribution in [0, 0.1) is 0 Å². The van der Waals surface area contributed by atoms with Gasteiger partial charge in [-0.15, -0.1) is 0 Å². The Morgan fingerprint density at radius 1 is 1.29 bits per heavy atom. The van der Waals surface area contributed by atoms with E-state index < -0.39 is 5.97 Å². The van der Waals surface area contributed by atoms with E-state index in [-0.39, 0.29) is 0 Å². The number of benzene rings is 1. The van der Waals surface area contributed by atoms with Gasteiger partial charge in [-0.05, 0) is 31.4 Å². The van der Waals surface area contributed by atoms with Crippen molar-refractivity contribution in [1.82, 2.24) is 4.90 Å². The van der Waals surface area contributed by atoms with Crippen LogP contribution >= 0.6 is 0 Å². The molecule has 0 atom stereocenters. The standard InChI is InChI=1S/C16H18N2O3/c1-20-13-7-5-6-12(10-13)15-14(16(19)21-17-15)11-18-8-3-2-4-9-18/h5-7,10-11H,2-4,8-9H2,1H3. The molecule has 5 heteroatoms. The third kappa shape index (κ3) is 2.91. The topological polar surface area (TPSA) is 51.1 Å². The Labute approximate surface area is 123 Å². The molecular formula is C16H18N2O3. The molecular weight excluding hydrogens is 268 g/mol. The fraction of sp³-hybridized carbons (Fsp3) is 0.375. The minimum absolute atomic E-state index is 0.390. The zero-order valence-electron chi connectivity index (χ0n) is 12.0. The number of nitrogens with zero attached hydrogens (tertiary/aromatic N) is 2. The number of carbonyl (C=O) groups excluding carboxylic acids is 1. The lowest BCUT2D eigenvalue weighted by molar-refractivity contribution is -0.136. The van der Waals surface area contributed by atoms with Crippen molar-refractivity contribution < 1.29 is 14.4 Å². The maximum absolute atomic E-state index is 11.9. The van der Waals surface area contributed by atoms with Gasteiger partial charge in [0.25, 0.3) is 0 Å². The Morgan fingerprint density at radius 3 is 2.86 bits per heavy atom. The van der Waals surface area contributed by atoms with Crippen molar-refractivity contribution in [3.8, 4) is 5.75 Å². The summed E-state index contributed by atoms with van der Waals surface area (Å²) in [5, 5.41) is 3.93. The molecule has 0 radical (unpaired) electrons. The van der Waals surface area contributed by atoms with E-state index in [2.05, 4.69) is 10.1 Å². The fourth-order valence-corrected chi connectivity index (χ4v) is 2.60. The summed E-state index contributed by atoms with van der Waals surface area (Å²) in [5.41, 5.74) is 1.91. The molecule has 3 rings (SSSR count). The summed E-state index contributed by atoms with van der Waals surface area (Å²) in [7, 11) is 1.61. The molecule has 0 N–H and O–H groups in total. The first kappa shape index (κ1) is 13.7. The summed E-state index contributed by atoms with van der Waals surface area (Å²) in [6.45, 7) is 1.95. The first-order chi connectivity index (χ1) is 10.3. The average Bonchev–Trinajstić information content (AvgIpc) is 2.89. The van der Waals surface area contributed by atoms with Gasteiger partial charge in [-0.2, -0.15) is 0 Å². The van der Waals surface area contributed by atoms with Gasteiger partial charge >= 0.3 is 5.97 Å². The highest BCUT2D eigenvalue weighted by Crippen LogP contribution is 2.22. The maximum Gasteiger partial charge on any atom is 0.369 e. The first-order valence-electron chi connectivity index (χ1n) is 7.18. The van der Waals surface area contributed by atoms with Crippen molar-refractivity contribution in [2.24, 2.45) is 5.16 Å². The first-order valence-corrected chi connectivity index (χ1v) is 7.18. The number of hydrogen-bond acceptors (Lipinski definition) is 5. The van der Waals surface area contributed by atoms with Crippen molar-refractivity contribution in [1.29, 1.82) is 0 Å². The second-order valence-electron chi connectivity index (χ2n) is 5.19. The van der Waals surface area contributed by atoms with Gasteiger partial charge in [0.1, 0.15) is 17.0 Å². The molecule has 0 bridgehead atoms. The minimum Gasteiger partial charge on any atom is -0.497 e. The Kier molecular flexibility index (Phi) is 3.90. The van der Waals surface area contributed by atoms with Gasteiger partial charge in [-0.1, -0.05) is 17.3 Å². The molecule has 110 valence electrons. The smallest absolute Gasteiger partial charge is 0.369 e. The Morgan fingerprint density at radius 2 is 2.10 bits per heavy atom. The SMILES string of the molecule is COc1cccc(C2=NOC(=O)C2=CN2CCCCC2)c1. The number of oxime groups is 1. The van der Waals surface area contributed by atoms with Crippen LogP contribution in [0.2, 0.25) is 0 Å². The molecule has 2 aliphatic rings. The highest BCUT2D eigenvalue weighted by Gasteiger charge is 2.28. The van der Waals surface area contributed by atoms with Crippen LogP contribution in [0.3, 0.4) is 0 Å². The molecule has 1 aromatic carbocycles. The summed E-state index contributed by atoms with van der Waals surface area (Å²) >= 11 is 0. The van der Waals surface area contributed by atoms with Gasteiger partial charge in [0.15, 0.2) is 0 Å². The number of methoxy groups -OCH3 is 1. The highest BCUT2D eigenvalue weighted by atomic mass is 16.7. The number of carbonyl (C=O) groups is 1. The number of piperidine rings is 1. The van der Waals surface area contributed by atoms with Gasteiger partial charge in [-0.25, -0.2) is 4.79 Å². The summed E-state index contributed by atoms with van der Waals surface area (Å²) < 4.78 is 5.22. The zero-order chi connectivity index (χ0) is 14.7. The lowest BCUT2D eigenvalue weighted by Crippen LogP contribution is -2.26. The molecule has 0 aliphatic carbocycles. The van der Waals surface area contributed by atoms with Crippen LogP contribution in [-0.2, 0) is 9.63 Å². The molecule has 21 heavy (non-hydrogen) atoms. The molecule has 1 saturated heterocycles. The molecule has 0 spiro atoms. The quantitative estimate of drug-likeness (QED) is 0.632. The van der Waals surface area contributed by atoms with Crippen molar-refractivity contribution in [2.75, 3.05) is 20.2 Å². The molecule has 0 unspecified atom stereocenters. The summed E-state index contributed by atoms with van der Waals surface area (Å²) in [6.07, 6.45) is 5.45. The monoisotopic (exact) mass is 286 g/mol. The lowest BCUT2D eigenvalue weighted by Gasteiger charge is -2.25. The molecule has 5 nitrogen and oxygen atoms in total. The van der Waals surface area contributed by atoms with E-state index in [1.165, 1.54) is 6.42 Å². The van der Waals surface area contributed by atoms with Crippen molar-refractivity contribution >= 4 is 11.7 Å². The van der Waals surface area contributed by atoms with Crippen molar-refractivity contribution in [2.45, 2.75) is 19.3 Å². The number of hydrogen-bond donors (Lipinski definition) is 0. The second-order valence-corrected chi connectivity index (χ2v) is 5.19. The summed E-state index contributed by atoms with van der Waals surface area (Å²) in [5.74, 6) is 0.338. The van der Waals surface area contributed by atoms with Crippen LogP contribution in [-0.4, -0.2) is 36.8 Å². The van der Waals surface area contributed by atoms with Crippen LogP contribution in [0.4, 0.5) is 0 Å². The van der Waals surface area contributed by atoms with Crippen LogP contribution in [0.15, 0.2) is 41.2 Å². The molecule has 2 heterocycles. The van der Waals surface area contributed by atoms with Gasteiger partial charge in [0, 0.05) is 24.9 Å². The molecule has 0 amide bonds. The maximum atomic E-state index is 11.9. The highest BCUT2D eigenvalue weighted by molar-refractivity contribution is 6.28. The van der Waals surface area contributed by atoms with E-state index in [0.717, 1.165) is 37.2 Å². The Balaban J connectivity index is 1.89. The third-order valence-corrected chi connectivity index (χ3v) is 3.74. The second kappa shape index (κ2) is 5.99. The van der Waals surface area contributed by atoms with Gasteiger partial charge in [0.2, 0.25) is 0 Å². The van der Waals surface area contributed by atoms with Gasteiger partial charge < -0.3 is 14.5 Å². The normalized spacial score (nSPS) is 20.4. The lowest BCUT2D eigenvalue weighted by atomic mass is 10.0. The largest absolute Gasteiger partial charge is 0.497 e. The number of likely N-dealkylation sites (tertiary alicyclic amines) is 1. The molecule has 0 saturated carbocycles. The van der Waals surface area contributed by atoms with E-state index in [4.69, 9.17) is 9.57 Å². The van der Waals surface area contributed by atoms with Crippen LogP contribution < -0.4 is 4.74 Å². The van der Waals surface area contributed by atoms with Crippen LogP contribution in [0.5, 0.6) is 5.75 Å². The van der Waals surface area contributed by atoms with Gasteiger partial charge in [0.05, 0.1) is 7.11 Å². The van der Waals surface area contributed by atoms with Crippen molar-refractivity contribution in [3.63, 3.8) is 0 Å². The molecule has 1 fully saturated rings. The Hall–Kier alpha value is -2.30.